The molecule has 0 aromatic heterocycles. The molecule has 0 aromatic rings. The van der Waals surface area contributed by atoms with Crippen LogP contribution in [0.2, 0.25) is 0 Å². The summed E-state index contributed by atoms with van der Waals surface area (Å²) in [6, 6.07) is 0. The van der Waals surface area contributed by atoms with Gasteiger partial charge in [-0.15, -0.1) is 0 Å². The molecular weight excluding hydrogens is 168 g/mol. The van der Waals surface area contributed by atoms with Crippen LogP contribution in [0.5, 0.6) is 0 Å². The van der Waals surface area contributed by atoms with Crippen LogP contribution in [0.4, 0.5) is 0 Å². The maximum absolute atomic E-state index is 10.3. The van der Waals surface area contributed by atoms with Crippen LogP contribution in [-0.4, -0.2) is 34.6 Å². The molecular formula is C10H20O3. The molecule has 0 radical (unpaired) electrons. The molecule has 13 heavy (non-hydrogen) atoms. The van der Waals surface area contributed by atoms with Crippen molar-refractivity contribution in [2.24, 2.45) is 5.41 Å². The van der Waals surface area contributed by atoms with Gasteiger partial charge >= 0.3 is 0 Å². The zero-order valence-corrected chi connectivity index (χ0v) is 8.92. The molecule has 2 N–H and O–H groups in total. The van der Waals surface area contributed by atoms with Gasteiger partial charge in [0.25, 0.3) is 0 Å². The molecule has 78 valence electrons. The van der Waals surface area contributed by atoms with Crippen LogP contribution >= 0.6 is 0 Å². The van der Waals surface area contributed by atoms with E-state index in [0.29, 0.717) is 13.0 Å². The maximum Gasteiger partial charge on any atom is 0.0979 e. The SMILES string of the molecule is CC1(C)CC(O)(C(C)(C)CO)CO1. The summed E-state index contributed by atoms with van der Waals surface area (Å²) in [4.78, 5) is 0. The molecule has 0 aromatic carbocycles. The van der Waals surface area contributed by atoms with Crippen molar-refractivity contribution in [1.82, 2.24) is 0 Å². The molecule has 1 heterocycles. The third-order valence-corrected chi connectivity index (χ3v) is 3.07. The highest BCUT2D eigenvalue weighted by Gasteiger charge is 2.52. The smallest absolute Gasteiger partial charge is 0.0979 e. The van der Waals surface area contributed by atoms with E-state index in [-0.39, 0.29) is 12.2 Å². The second-order valence-electron chi connectivity index (χ2n) is 5.30. The standard InChI is InChI=1S/C10H20O3/c1-8(2,6-11)10(12)5-9(3,4)13-7-10/h11-12H,5-7H2,1-4H3. The molecule has 1 rings (SSSR count). The summed E-state index contributed by atoms with van der Waals surface area (Å²) in [6.07, 6.45) is 0.577. The molecule has 0 bridgehead atoms. The van der Waals surface area contributed by atoms with Crippen LogP contribution in [0.1, 0.15) is 34.1 Å². The minimum Gasteiger partial charge on any atom is -0.396 e. The fourth-order valence-electron chi connectivity index (χ4n) is 1.70. The highest BCUT2D eigenvalue weighted by Crippen LogP contribution is 2.43. The fraction of sp³-hybridized carbons (Fsp3) is 1.00. The third-order valence-electron chi connectivity index (χ3n) is 3.07. The molecule has 1 fully saturated rings. The number of ether oxygens (including phenoxy) is 1. The van der Waals surface area contributed by atoms with Crippen LogP contribution < -0.4 is 0 Å². The predicted octanol–water partition coefficient (Wildman–Crippen LogP) is 0.935. The number of hydrogen-bond acceptors (Lipinski definition) is 3. The normalized spacial score (nSPS) is 33.7. The van der Waals surface area contributed by atoms with Gasteiger partial charge in [0.2, 0.25) is 0 Å². The Kier molecular flexibility index (Phi) is 2.48. The van der Waals surface area contributed by atoms with E-state index >= 15 is 0 Å². The first kappa shape index (κ1) is 11.0. The van der Waals surface area contributed by atoms with E-state index in [1.54, 1.807) is 0 Å². The van der Waals surface area contributed by atoms with E-state index in [1.807, 2.05) is 27.7 Å². The number of aliphatic hydroxyl groups excluding tert-OH is 1. The van der Waals surface area contributed by atoms with Crippen LogP contribution in [0.25, 0.3) is 0 Å². The van der Waals surface area contributed by atoms with Gasteiger partial charge in [0.15, 0.2) is 0 Å². The van der Waals surface area contributed by atoms with E-state index in [4.69, 9.17) is 4.74 Å². The predicted molar refractivity (Wildman–Crippen MR) is 50.5 cm³/mol. The van der Waals surface area contributed by atoms with Gasteiger partial charge in [-0.25, -0.2) is 0 Å². The molecule has 1 unspecified atom stereocenters. The Bertz CT molecular complexity index is 198. The molecule has 0 aliphatic carbocycles. The minimum absolute atomic E-state index is 0.0249. The van der Waals surface area contributed by atoms with Crippen LogP contribution in [0.3, 0.4) is 0 Å². The van der Waals surface area contributed by atoms with Gasteiger partial charge in [-0.2, -0.15) is 0 Å². The zero-order chi connectivity index (χ0) is 10.3. The van der Waals surface area contributed by atoms with Crippen molar-refractivity contribution in [2.45, 2.75) is 45.3 Å². The number of aliphatic hydroxyl groups is 2. The lowest BCUT2D eigenvalue weighted by molar-refractivity contribution is -0.0917. The van der Waals surface area contributed by atoms with E-state index in [9.17, 15) is 10.2 Å². The zero-order valence-electron chi connectivity index (χ0n) is 8.92. The Balaban J connectivity index is 2.81. The van der Waals surface area contributed by atoms with Gasteiger partial charge in [0, 0.05) is 11.8 Å². The van der Waals surface area contributed by atoms with Crippen molar-refractivity contribution in [3.05, 3.63) is 0 Å². The topological polar surface area (TPSA) is 49.7 Å². The quantitative estimate of drug-likeness (QED) is 0.678. The molecule has 3 nitrogen and oxygen atoms in total. The highest BCUT2D eigenvalue weighted by atomic mass is 16.5. The minimum atomic E-state index is -0.898. The first-order valence-corrected chi connectivity index (χ1v) is 4.70. The van der Waals surface area contributed by atoms with Gasteiger partial charge in [0.05, 0.1) is 24.4 Å². The molecule has 1 aliphatic heterocycles. The van der Waals surface area contributed by atoms with Gasteiger partial charge in [-0.3, -0.25) is 0 Å². The lowest BCUT2D eigenvalue weighted by Crippen LogP contribution is -2.48. The summed E-state index contributed by atoms with van der Waals surface area (Å²) in [5.41, 5.74) is -1.67. The molecule has 1 atom stereocenters. The molecule has 1 saturated heterocycles. The summed E-state index contributed by atoms with van der Waals surface area (Å²) >= 11 is 0. The first-order valence-electron chi connectivity index (χ1n) is 4.70. The second-order valence-corrected chi connectivity index (χ2v) is 5.30. The van der Waals surface area contributed by atoms with Crippen molar-refractivity contribution < 1.29 is 14.9 Å². The number of rotatable bonds is 2. The van der Waals surface area contributed by atoms with E-state index < -0.39 is 11.0 Å². The van der Waals surface area contributed by atoms with Crippen LogP contribution in [0, 0.1) is 5.41 Å². The molecule has 3 heteroatoms. The fourth-order valence-corrected chi connectivity index (χ4v) is 1.70. The summed E-state index contributed by atoms with van der Waals surface area (Å²) in [6.45, 7) is 7.92. The maximum atomic E-state index is 10.3. The average Bonchev–Trinajstić information content (AvgIpc) is 2.27. The summed E-state index contributed by atoms with van der Waals surface area (Å²) in [7, 11) is 0. The van der Waals surface area contributed by atoms with Crippen molar-refractivity contribution in [3.8, 4) is 0 Å². The largest absolute Gasteiger partial charge is 0.396 e. The third kappa shape index (κ3) is 1.87. The highest BCUT2D eigenvalue weighted by molar-refractivity contribution is 5.01. The molecule has 0 amide bonds. The van der Waals surface area contributed by atoms with Crippen molar-refractivity contribution in [2.75, 3.05) is 13.2 Å². The lowest BCUT2D eigenvalue weighted by Gasteiger charge is -2.37. The van der Waals surface area contributed by atoms with E-state index in [2.05, 4.69) is 0 Å². The summed E-state index contributed by atoms with van der Waals surface area (Å²) in [5, 5.41) is 19.4. The van der Waals surface area contributed by atoms with Gasteiger partial charge in [-0.1, -0.05) is 13.8 Å². The van der Waals surface area contributed by atoms with Crippen molar-refractivity contribution in [1.29, 1.82) is 0 Å². The number of hydrogen-bond donors (Lipinski definition) is 2. The van der Waals surface area contributed by atoms with E-state index in [0.717, 1.165) is 0 Å². The average molecular weight is 188 g/mol. The van der Waals surface area contributed by atoms with Crippen molar-refractivity contribution >= 4 is 0 Å². The molecule has 1 aliphatic rings. The van der Waals surface area contributed by atoms with Crippen LogP contribution in [-0.2, 0) is 4.74 Å². The Morgan fingerprint density at radius 3 is 2.23 bits per heavy atom. The Morgan fingerprint density at radius 1 is 1.38 bits per heavy atom. The monoisotopic (exact) mass is 188 g/mol. The van der Waals surface area contributed by atoms with E-state index in [1.165, 1.54) is 0 Å². The Labute approximate surface area is 79.7 Å². The van der Waals surface area contributed by atoms with Gasteiger partial charge in [0.1, 0.15) is 0 Å². The van der Waals surface area contributed by atoms with Crippen LogP contribution in [0.15, 0.2) is 0 Å². The van der Waals surface area contributed by atoms with Gasteiger partial charge in [-0.05, 0) is 13.8 Å². The Morgan fingerprint density at radius 2 is 1.92 bits per heavy atom. The molecule has 0 spiro atoms. The van der Waals surface area contributed by atoms with Crippen molar-refractivity contribution in [3.63, 3.8) is 0 Å². The second kappa shape index (κ2) is 2.94. The van der Waals surface area contributed by atoms with Gasteiger partial charge < -0.3 is 14.9 Å². The lowest BCUT2D eigenvalue weighted by atomic mass is 9.72. The summed E-state index contributed by atoms with van der Waals surface area (Å²) in [5.74, 6) is 0. The Hall–Kier alpha value is -0.120. The summed E-state index contributed by atoms with van der Waals surface area (Å²) < 4.78 is 5.48. The first-order chi connectivity index (χ1) is 5.72. The molecule has 0 saturated carbocycles.